The molecule has 3 heterocycles. The first-order chi connectivity index (χ1) is 12.1. The number of carbonyl (C=O) groups is 1. The SMILES string of the molecule is O=C(O)c1cccc(-n2ncc3cn(C4CCOCC4)nc3c2=O)c1. The first-order valence-corrected chi connectivity index (χ1v) is 8.02. The van der Waals surface area contributed by atoms with Crippen molar-refractivity contribution in [3.8, 4) is 5.69 Å². The highest BCUT2D eigenvalue weighted by Crippen LogP contribution is 2.21. The van der Waals surface area contributed by atoms with E-state index in [4.69, 9.17) is 9.84 Å². The monoisotopic (exact) mass is 340 g/mol. The molecule has 1 fully saturated rings. The second-order valence-electron chi connectivity index (χ2n) is 5.97. The molecule has 0 amide bonds. The van der Waals surface area contributed by atoms with Crippen LogP contribution in [0.25, 0.3) is 16.6 Å². The molecule has 0 atom stereocenters. The van der Waals surface area contributed by atoms with E-state index in [2.05, 4.69) is 10.2 Å². The van der Waals surface area contributed by atoms with Gasteiger partial charge >= 0.3 is 5.97 Å². The van der Waals surface area contributed by atoms with E-state index < -0.39 is 5.97 Å². The zero-order valence-electron chi connectivity index (χ0n) is 13.3. The summed E-state index contributed by atoms with van der Waals surface area (Å²) in [4.78, 5) is 23.9. The van der Waals surface area contributed by atoms with Crippen LogP contribution in [0.5, 0.6) is 0 Å². The van der Waals surface area contributed by atoms with E-state index in [0.717, 1.165) is 12.8 Å². The number of nitrogens with zero attached hydrogens (tertiary/aromatic N) is 4. The minimum atomic E-state index is -1.06. The Bertz CT molecular complexity index is 1000. The molecule has 0 spiro atoms. The molecule has 2 aromatic heterocycles. The Morgan fingerprint density at radius 1 is 1.28 bits per heavy atom. The van der Waals surface area contributed by atoms with Crippen LogP contribution in [0.1, 0.15) is 29.2 Å². The Balaban J connectivity index is 1.78. The number of fused-ring (bicyclic) bond motifs is 1. The number of aromatic nitrogens is 4. The lowest BCUT2D eigenvalue weighted by Crippen LogP contribution is -2.22. The summed E-state index contributed by atoms with van der Waals surface area (Å²) < 4.78 is 8.35. The van der Waals surface area contributed by atoms with Crippen LogP contribution in [0.3, 0.4) is 0 Å². The van der Waals surface area contributed by atoms with Crippen molar-refractivity contribution in [2.45, 2.75) is 18.9 Å². The molecule has 0 saturated carbocycles. The van der Waals surface area contributed by atoms with Crippen LogP contribution in [0, 0.1) is 0 Å². The number of carboxylic acid groups (broad SMARTS) is 1. The predicted octanol–water partition coefficient (Wildman–Crippen LogP) is 1.63. The van der Waals surface area contributed by atoms with Gasteiger partial charge in [0.15, 0.2) is 5.52 Å². The Labute approximate surface area is 142 Å². The van der Waals surface area contributed by atoms with Crippen LogP contribution in [0.15, 0.2) is 41.5 Å². The summed E-state index contributed by atoms with van der Waals surface area (Å²) >= 11 is 0. The molecule has 0 unspecified atom stereocenters. The lowest BCUT2D eigenvalue weighted by molar-refractivity contribution is 0.0664. The van der Waals surface area contributed by atoms with Crippen molar-refractivity contribution in [2.75, 3.05) is 13.2 Å². The molecule has 25 heavy (non-hydrogen) atoms. The van der Waals surface area contributed by atoms with Gasteiger partial charge in [-0.25, -0.2) is 4.79 Å². The smallest absolute Gasteiger partial charge is 0.335 e. The maximum atomic E-state index is 12.8. The molecule has 8 nitrogen and oxygen atoms in total. The molecule has 1 N–H and O–H groups in total. The van der Waals surface area contributed by atoms with Gasteiger partial charge in [-0.1, -0.05) is 6.07 Å². The van der Waals surface area contributed by atoms with Crippen LogP contribution in [0.4, 0.5) is 0 Å². The van der Waals surface area contributed by atoms with Gasteiger partial charge in [0, 0.05) is 24.8 Å². The van der Waals surface area contributed by atoms with E-state index in [9.17, 15) is 9.59 Å². The van der Waals surface area contributed by atoms with Gasteiger partial charge < -0.3 is 9.84 Å². The van der Waals surface area contributed by atoms with Crippen molar-refractivity contribution in [3.05, 3.63) is 52.6 Å². The lowest BCUT2D eigenvalue weighted by Gasteiger charge is -2.22. The predicted molar refractivity (Wildman–Crippen MR) is 89.2 cm³/mol. The summed E-state index contributed by atoms with van der Waals surface area (Å²) in [5, 5.41) is 18.4. The lowest BCUT2D eigenvalue weighted by atomic mass is 10.1. The minimum Gasteiger partial charge on any atom is -0.478 e. The summed E-state index contributed by atoms with van der Waals surface area (Å²) in [5.74, 6) is -1.06. The number of hydrogen-bond donors (Lipinski definition) is 1. The van der Waals surface area contributed by atoms with Gasteiger partial charge in [-0.2, -0.15) is 14.9 Å². The van der Waals surface area contributed by atoms with Crippen LogP contribution < -0.4 is 5.56 Å². The number of ether oxygens (including phenoxy) is 1. The van der Waals surface area contributed by atoms with Crippen molar-refractivity contribution in [1.29, 1.82) is 0 Å². The van der Waals surface area contributed by atoms with Crippen molar-refractivity contribution < 1.29 is 14.6 Å². The third-order valence-corrected chi connectivity index (χ3v) is 4.37. The first kappa shape index (κ1) is 15.5. The third-order valence-electron chi connectivity index (χ3n) is 4.37. The Kier molecular flexibility index (Phi) is 3.81. The maximum Gasteiger partial charge on any atom is 0.335 e. The molecule has 1 aromatic carbocycles. The van der Waals surface area contributed by atoms with Crippen molar-refractivity contribution in [3.63, 3.8) is 0 Å². The Hall–Kier alpha value is -3.00. The fourth-order valence-corrected chi connectivity index (χ4v) is 3.03. The van der Waals surface area contributed by atoms with Gasteiger partial charge in [-0.3, -0.25) is 9.48 Å². The van der Waals surface area contributed by atoms with Crippen LogP contribution >= 0.6 is 0 Å². The number of hydrogen-bond acceptors (Lipinski definition) is 5. The number of carboxylic acids is 1. The highest BCUT2D eigenvalue weighted by atomic mass is 16.5. The molecule has 3 aromatic rings. The van der Waals surface area contributed by atoms with E-state index in [1.807, 2.05) is 10.9 Å². The molecular formula is C17H16N4O4. The number of benzene rings is 1. The summed E-state index contributed by atoms with van der Waals surface area (Å²) in [6, 6.07) is 6.32. The zero-order chi connectivity index (χ0) is 17.4. The number of aromatic carboxylic acids is 1. The molecule has 1 saturated heterocycles. The highest BCUT2D eigenvalue weighted by molar-refractivity contribution is 5.88. The Morgan fingerprint density at radius 2 is 2.08 bits per heavy atom. The summed E-state index contributed by atoms with van der Waals surface area (Å²) in [6.07, 6.45) is 5.12. The molecule has 4 rings (SSSR count). The van der Waals surface area contributed by atoms with Gasteiger partial charge in [0.2, 0.25) is 0 Å². The van der Waals surface area contributed by atoms with E-state index in [1.165, 1.54) is 16.8 Å². The van der Waals surface area contributed by atoms with Crippen LogP contribution in [0.2, 0.25) is 0 Å². The largest absolute Gasteiger partial charge is 0.478 e. The Morgan fingerprint density at radius 3 is 2.84 bits per heavy atom. The molecule has 0 aliphatic carbocycles. The van der Waals surface area contributed by atoms with Crippen molar-refractivity contribution in [2.24, 2.45) is 0 Å². The summed E-state index contributed by atoms with van der Waals surface area (Å²) in [7, 11) is 0. The topological polar surface area (TPSA) is 99.2 Å². The van der Waals surface area contributed by atoms with Crippen molar-refractivity contribution >= 4 is 16.9 Å². The molecule has 0 radical (unpaired) electrons. The average Bonchev–Trinajstić information content (AvgIpc) is 3.08. The summed E-state index contributed by atoms with van der Waals surface area (Å²) in [6.45, 7) is 1.37. The van der Waals surface area contributed by atoms with E-state index >= 15 is 0 Å². The molecule has 8 heteroatoms. The van der Waals surface area contributed by atoms with Crippen LogP contribution in [-0.2, 0) is 4.74 Å². The quantitative estimate of drug-likeness (QED) is 0.778. The van der Waals surface area contributed by atoms with E-state index in [1.54, 1.807) is 18.3 Å². The van der Waals surface area contributed by atoms with Gasteiger partial charge in [0.05, 0.1) is 23.5 Å². The van der Waals surface area contributed by atoms with Gasteiger partial charge in [-0.05, 0) is 31.0 Å². The molecule has 128 valence electrons. The maximum absolute atomic E-state index is 12.8. The molecule has 0 bridgehead atoms. The molecule has 1 aliphatic rings. The zero-order valence-corrected chi connectivity index (χ0v) is 13.3. The average molecular weight is 340 g/mol. The van der Waals surface area contributed by atoms with Crippen molar-refractivity contribution in [1.82, 2.24) is 19.6 Å². The summed E-state index contributed by atoms with van der Waals surface area (Å²) in [5.41, 5.74) is 0.444. The van der Waals surface area contributed by atoms with Gasteiger partial charge in [0.25, 0.3) is 5.56 Å². The van der Waals surface area contributed by atoms with E-state index in [0.29, 0.717) is 29.8 Å². The number of rotatable bonds is 3. The van der Waals surface area contributed by atoms with Gasteiger partial charge in [0.1, 0.15) is 0 Å². The fraction of sp³-hybridized carbons (Fsp3) is 0.294. The highest BCUT2D eigenvalue weighted by Gasteiger charge is 2.19. The normalized spacial score (nSPS) is 15.5. The molecular weight excluding hydrogens is 324 g/mol. The molecule has 1 aliphatic heterocycles. The van der Waals surface area contributed by atoms with E-state index in [-0.39, 0.29) is 17.2 Å². The third kappa shape index (κ3) is 2.80. The minimum absolute atomic E-state index is 0.0963. The standard InChI is InChI=1S/C17H16N4O4/c22-16-15-12(10-20(19-15)13-4-6-25-7-5-13)9-18-21(16)14-3-1-2-11(8-14)17(23)24/h1-3,8-10,13H,4-7H2,(H,23,24). The van der Waals surface area contributed by atoms with Gasteiger partial charge in [-0.15, -0.1) is 0 Å². The first-order valence-electron chi connectivity index (χ1n) is 8.02. The second-order valence-corrected chi connectivity index (χ2v) is 5.97. The second kappa shape index (κ2) is 6.14. The van der Waals surface area contributed by atoms with Crippen LogP contribution in [-0.4, -0.2) is 43.9 Å². The fourth-order valence-electron chi connectivity index (χ4n) is 3.03.